The fraction of sp³-hybridized carbons (Fsp3) is 0.158. The Labute approximate surface area is 149 Å². The third kappa shape index (κ3) is 3.51. The van der Waals surface area contributed by atoms with Crippen molar-refractivity contribution in [2.75, 3.05) is 5.32 Å². The molecule has 2 heterocycles. The van der Waals surface area contributed by atoms with Crippen molar-refractivity contribution in [1.29, 1.82) is 0 Å². The molecule has 0 aliphatic heterocycles. The molecular formula is C19H17FN4O2. The number of amides is 1. The number of aromatic hydroxyl groups is 1. The number of benzene rings is 1. The van der Waals surface area contributed by atoms with Crippen LogP contribution in [0.3, 0.4) is 0 Å². The van der Waals surface area contributed by atoms with Gasteiger partial charge in [-0.15, -0.1) is 0 Å². The molecular weight excluding hydrogens is 335 g/mol. The van der Waals surface area contributed by atoms with Crippen molar-refractivity contribution in [3.05, 3.63) is 65.5 Å². The molecule has 3 rings (SSSR count). The molecule has 26 heavy (non-hydrogen) atoms. The molecule has 0 aliphatic rings. The number of aromatic nitrogens is 3. The first-order chi connectivity index (χ1) is 12.5. The van der Waals surface area contributed by atoms with Crippen LogP contribution in [0.25, 0.3) is 11.3 Å². The largest absolute Gasteiger partial charge is 0.508 e. The number of carbonyl (C=O) groups is 1. The van der Waals surface area contributed by atoms with Crippen LogP contribution in [0.2, 0.25) is 0 Å². The van der Waals surface area contributed by atoms with Crippen LogP contribution < -0.4 is 5.32 Å². The Morgan fingerprint density at radius 1 is 1.19 bits per heavy atom. The van der Waals surface area contributed by atoms with Gasteiger partial charge in [-0.05, 0) is 31.0 Å². The van der Waals surface area contributed by atoms with E-state index in [1.54, 1.807) is 12.1 Å². The molecule has 0 bridgehead atoms. The van der Waals surface area contributed by atoms with Gasteiger partial charge in [0.2, 0.25) is 0 Å². The summed E-state index contributed by atoms with van der Waals surface area (Å²) in [5.41, 5.74) is 2.74. The number of nitrogens with zero attached hydrogens (tertiary/aromatic N) is 3. The first-order valence-corrected chi connectivity index (χ1v) is 8.05. The zero-order valence-corrected chi connectivity index (χ0v) is 14.3. The van der Waals surface area contributed by atoms with Crippen LogP contribution >= 0.6 is 0 Å². The lowest BCUT2D eigenvalue weighted by molar-refractivity contribution is 0.102. The van der Waals surface area contributed by atoms with Crippen LogP contribution in [0.5, 0.6) is 5.75 Å². The summed E-state index contributed by atoms with van der Waals surface area (Å²) < 4.78 is 13.5. The van der Waals surface area contributed by atoms with E-state index in [9.17, 15) is 14.3 Å². The number of halogens is 1. The highest BCUT2D eigenvalue weighted by molar-refractivity contribution is 6.04. The monoisotopic (exact) mass is 352 g/mol. The molecule has 0 saturated carbocycles. The molecule has 132 valence electrons. The van der Waals surface area contributed by atoms with Crippen LogP contribution in [0, 0.1) is 12.7 Å². The Balaban J connectivity index is 1.83. The number of hydrogen-bond acceptors (Lipinski definition) is 5. The summed E-state index contributed by atoms with van der Waals surface area (Å²) in [6.07, 6.45) is 6.07. The van der Waals surface area contributed by atoms with Gasteiger partial charge < -0.3 is 10.4 Å². The van der Waals surface area contributed by atoms with Gasteiger partial charge in [0.1, 0.15) is 11.6 Å². The molecule has 0 aliphatic carbocycles. The second kappa shape index (κ2) is 7.26. The number of nitrogens with one attached hydrogen (secondary N) is 1. The fourth-order valence-corrected chi connectivity index (χ4v) is 2.55. The molecule has 3 aromatic rings. The second-order valence-electron chi connectivity index (χ2n) is 5.73. The standard InChI is InChI=1S/C19H17FN4O2/c1-3-12-4-5-13(25)6-14(12)17-9-23-18(10-22-17)24-19(26)15-7-21-8-16(20)11(15)2/h4-10,25H,3H2,1-2H3,(H,23,24,26). The lowest BCUT2D eigenvalue weighted by atomic mass is 10.0. The molecule has 0 saturated heterocycles. The molecule has 0 atom stereocenters. The number of phenols is 1. The van der Waals surface area contributed by atoms with E-state index in [0.717, 1.165) is 23.7 Å². The lowest BCUT2D eigenvalue weighted by Gasteiger charge is -2.09. The maximum atomic E-state index is 13.5. The van der Waals surface area contributed by atoms with E-state index in [4.69, 9.17) is 0 Å². The average Bonchev–Trinajstić information content (AvgIpc) is 2.64. The molecule has 0 unspecified atom stereocenters. The Bertz CT molecular complexity index is 958. The van der Waals surface area contributed by atoms with Crippen molar-refractivity contribution in [3.63, 3.8) is 0 Å². The van der Waals surface area contributed by atoms with Crippen LogP contribution in [0.15, 0.2) is 43.0 Å². The van der Waals surface area contributed by atoms with E-state index in [1.165, 1.54) is 25.5 Å². The third-order valence-electron chi connectivity index (χ3n) is 4.04. The van der Waals surface area contributed by atoms with Gasteiger partial charge in [-0.3, -0.25) is 14.8 Å². The minimum atomic E-state index is -0.546. The minimum Gasteiger partial charge on any atom is -0.508 e. The molecule has 0 radical (unpaired) electrons. The minimum absolute atomic E-state index is 0.136. The summed E-state index contributed by atoms with van der Waals surface area (Å²) in [6.45, 7) is 3.52. The van der Waals surface area contributed by atoms with Crippen LogP contribution in [0.4, 0.5) is 10.2 Å². The Kier molecular flexibility index (Phi) is 4.88. The van der Waals surface area contributed by atoms with Gasteiger partial charge in [-0.25, -0.2) is 9.37 Å². The lowest BCUT2D eigenvalue weighted by Crippen LogP contribution is -2.15. The van der Waals surface area contributed by atoms with E-state index >= 15 is 0 Å². The number of anilines is 1. The van der Waals surface area contributed by atoms with Crippen LogP contribution in [-0.4, -0.2) is 26.0 Å². The van der Waals surface area contributed by atoms with Gasteiger partial charge >= 0.3 is 0 Å². The summed E-state index contributed by atoms with van der Waals surface area (Å²) in [5.74, 6) is -0.677. The van der Waals surface area contributed by atoms with Gasteiger partial charge in [0.25, 0.3) is 5.91 Å². The summed E-state index contributed by atoms with van der Waals surface area (Å²) in [7, 11) is 0. The van der Waals surface area contributed by atoms with Crippen molar-refractivity contribution >= 4 is 11.7 Å². The SMILES string of the molecule is CCc1ccc(O)cc1-c1cnc(NC(=O)c2cncc(F)c2C)cn1. The number of hydrogen-bond donors (Lipinski definition) is 2. The van der Waals surface area contributed by atoms with Crippen molar-refractivity contribution in [1.82, 2.24) is 15.0 Å². The molecule has 0 spiro atoms. The van der Waals surface area contributed by atoms with Crippen molar-refractivity contribution in [3.8, 4) is 17.0 Å². The normalized spacial score (nSPS) is 10.6. The molecule has 7 heteroatoms. The predicted molar refractivity (Wildman–Crippen MR) is 95.4 cm³/mol. The Morgan fingerprint density at radius 3 is 2.69 bits per heavy atom. The molecule has 1 aromatic carbocycles. The molecule has 2 N–H and O–H groups in total. The second-order valence-corrected chi connectivity index (χ2v) is 5.73. The summed E-state index contributed by atoms with van der Waals surface area (Å²) >= 11 is 0. The van der Waals surface area contributed by atoms with Gasteiger partial charge in [-0.2, -0.15) is 0 Å². The first-order valence-electron chi connectivity index (χ1n) is 8.05. The fourth-order valence-electron chi connectivity index (χ4n) is 2.55. The predicted octanol–water partition coefficient (Wildman–Crippen LogP) is 3.51. The smallest absolute Gasteiger partial charge is 0.258 e. The molecule has 1 amide bonds. The van der Waals surface area contributed by atoms with Gasteiger partial charge in [0.15, 0.2) is 5.82 Å². The van der Waals surface area contributed by atoms with Crippen LogP contribution in [-0.2, 0) is 6.42 Å². The number of aryl methyl sites for hydroxylation is 1. The van der Waals surface area contributed by atoms with Crippen molar-refractivity contribution < 1.29 is 14.3 Å². The van der Waals surface area contributed by atoms with Gasteiger partial charge in [0, 0.05) is 17.3 Å². The molecule has 6 nitrogen and oxygen atoms in total. The highest BCUT2D eigenvalue weighted by atomic mass is 19.1. The Hall–Kier alpha value is -3.35. The zero-order valence-electron chi connectivity index (χ0n) is 14.3. The van der Waals surface area contributed by atoms with Crippen molar-refractivity contribution in [2.24, 2.45) is 0 Å². The van der Waals surface area contributed by atoms with E-state index < -0.39 is 11.7 Å². The summed E-state index contributed by atoms with van der Waals surface area (Å²) in [6, 6.07) is 5.09. The van der Waals surface area contributed by atoms with Crippen molar-refractivity contribution in [2.45, 2.75) is 20.3 Å². The highest BCUT2D eigenvalue weighted by Gasteiger charge is 2.14. The van der Waals surface area contributed by atoms with E-state index in [1.807, 2.05) is 13.0 Å². The highest BCUT2D eigenvalue weighted by Crippen LogP contribution is 2.26. The quantitative estimate of drug-likeness (QED) is 0.750. The molecule has 0 fully saturated rings. The number of carbonyl (C=O) groups excluding carboxylic acids is 1. The maximum Gasteiger partial charge on any atom is 0.258 e. The van der Waals surface area contributed by atoms with E-state index in [2.05, 4.69) is 20.3 Å². The van der Waals surface area contributed by atoms with Gasteiger partial charge in [0.05, 0.1) is 29.8 Å². The average molecular weight is 352 g/mol. The zero-order chi connectivity index (χ0) is 18.7. The van der Waals surface area contributed by atoms with Crippen LogP contribution in [0.1, 0.15) is 28.4 Å². The summed E-state index contributed by atoms with van der Waals surface area (Å²) in [4.78, 5) is 24.5. The molecule has 2 aromatic heterocycles. The maximum absolute atomic E-state index is 13.5. The van der Waals surface area contributed by atoms with Gasteiger partial charge in [-0.1, -0.05) is 13.0 Å². The topological polar surface area (TPSA) is 88.0 Å². The first kappa shape index (κ1) is 17.5. The number of phenolic OH excluding ortho intramolecular Hbond substituents is 1. The van der Waals surface area contributed by atoms with E-state index in [-0.39, 0.29) is 22.7 Å². The number of rotatable bonds is 4. The number of pyridine rings is 1. The third-order valence-corrected chi connectivity index (χ3v) is 4.04. The Morgan fingerprint density at radius 2 is 2.00 bits per heavy atom. The van der Waals surface area contributed by atoms with E-state index in [0.29, 0.717) is 5.69 Å². The summed E-state index contributed by atoms with van der Waals surface area (Å²) in [5, 5.41) is 12.3.